The van der Waals surface area contributed by atoms with Gasteiger partial charge in [-0.3, -0.25) is 4.99 Å². The third kappa shape index (κ3) is 2.33. The number of hydrogen-bond acceptors (Lipinski definition) is 5. The number of halogens is 1. The van der Waals surface area contributed by atoms with Crippen LogP contribution in [0.2, 0.25) is 5.02 Å². The summed E-state index contributed by atoms with van der Waals surface area (Å²) in [5, 5.41) is 4.01. The third-order valence-electron chi connectivity index (χ3n) is 3.02. The van der Waals surface area contributed by atoms with E-state index < -0.39 is 0 Å². The number of amidine groups is 1. The lowest BCUT2D eigenvalue weighted by molar-refractivity contribution is 0.731. The minimum absolute atomic E-state index is 0.669. The largest absolute Gasteiger partial charge is 0.341 e. The molecule has 1 aromatic carbocycles. The second-order valence-corrected chi connectivity index (χ2v) is 5.25. The zero-order valence-electron chi connectivity index (χ0n) is 9.82. The molecular weight excluding hydrogens is 268 g/mol. The predicted octanol–water partition coefficient (Wildman–Crippen LogP) is 3.73. The molecule has 0 aliphatic carbocycles. The first-order chi connectivity index (χ1) is 8.84. The Morgan fingerprint density at radius 1 is 1.17 bits per heavy atom. The predicted molar refractivity (Wildman–Crippen MR) is 76.8 cm³/mol. The van der Waals surface area contributed by atoms with Crippen molar-refractivity contribution in [3.63, 3.8) is 0 Å². The summed E-state index contributed by atoms with van der Waals surface area (Å²) in [5.74, 6) is 1.01. The van der Waals surface area contributed by atoms with Crippen LogP contribution in [0.15, 0.2) is 17.1 Å². The third-order valence-corrected chi connectivity index (χ3v) is 3.88. The fourth-order valence-electron chi connectivity index (χ4n) is 2.07. The highest BCUT2D eigenvalue weighted by molar-refractivity contribution is 7.00. The van der Waals surface area contributed by atoms with E-state index in [1.807, 2.05) is 12.1 Å². The molecule has 0 bridgehead atoms. The molecule has 0 spiro atoms. The van der Waals surface area contributed by atoms with E-state index in [2.05, 4.69) is 19.1 Å². The topological polar surface area (TPSA) is 50.2 Å². The van der Waals surface area contributed by atoms with Crippen LogP contribution >= 0.6 is 23.3 Å². The lowest BCUT2D eigenvalue weighted by Crippen LogP contribution is -2.12. The van der Waals surface area contributed by atoms with Crippen molar-refractivity contribution in [1.29, 1.82) is 0 Å². The summed E-state index contributed by atoms with van der Waals surface area (Å²) >= 11 is 7.44. The van der Waals surface area contributed by atoms with Crippen molar-refractivity contribution in [2.75, 3.05) is 11.9 Å². The maximum atomic E-state index is 6.24. The highest BCUT2D eigenvalue weighted by Gasteiger charge is 2.12. The van der Waals surface area contributed by atoms with Gasteiger partial charge in [-0.1, -0.05) is 18.0 Å². The molecule has 0 amide bonds. The molecule has 6 heteroatoms. The van der Waals surface area contributed by atoms with Crippen LogP contribution in [-0.2, 0) is 0 Å². The molecule has 1 aromatic heterocycles. The van der Waals surface area contributed by atoms with Crippen molar-refractivity contribution in [3.05, 3.63) is 17.2 Å². The molecule has 0 saturated carbocycles. The molecule has 0 atom stereocenters. The average molecular weight is 281 g/mol. The minimum atomic E-state index is 0.669. The van der Waals surface area contributed by atoms with Gasteiger partial charge in [-0.05, 0) is 25.0 Å². The van der Waals surface area contributed by atoms with Crippen molar-refractivity contribution in [3.8, 4) is 0 Å². The summed E-state index contributed by atoms with van der Waals surface area (Å²) in [4.78, 5) is 4.55. The molecule has 1 aliphatic rings. The molecule has 4 nitrogen and oxygen atoms in total. The first-order valence-corrected chi connectivity index (χ1v) is 7.16. The van der Waals surface area contributed by atoms with Gasteiger partial charge in [-0.15, -0.1) is 0 Å². The van der Waals surface area contributed by atoms with Crippen LogP contribution in [0, 0.1) is 0 Å². The molecule has 0 saturated heterocycles. The van der Waals surface area contributed by atoms with Crippen molar-refractivity contribution in [2.45, 2.75) is 25.7 Å². The number of hydrogen-bond donors (Lipinski definition) is 1. The highest BCUT2D eigenvalue weighted by Crippen LogP contribution is 2.30. The molecule has 0 unspecified atom stereocenters. The fourth-order valence-corrected chi connectivity index (χ4v) is 2.81. The van der Waals surface area contributed by atoms with Gasteiger partial charge in [0.25, 0.3) is 0 Å². The Morgan fingerprint density at radius 3 is 3.06 bits per heavy atom. The normalized spacial score (nSPS) is 16.4. The average Bonchev–Trinajstić information content (AvgIpc) is 2.70. The first-order valence-electron chi connectivity index (χ1n) is 6.06. The Hall–Kier alpha value is -1.20. The van der Waals surface area contributed by atoms with E-state index in [1.165, 1.54) is 31.0 Å². The highest BCUT2D eigenvalue weighted by atomic mass is 35.5. The molecule has 3 rings (SSSR count). The van der Waals surface area contributed by atoms with Gasteiger partial charge < -0.3 is 5.32 Å². The number of aliphatic imine (C=N–C) groups is 1. The molecule has 1 aliphatic heterocycles. The number of benzene rings is 1. The SMILES string of the molecule is Clc1ccc2nsnc2c1NC1=NCCCCC1. The van der Waals surface area contributed by atoms with Crippen LogP contribution in [0.25, 0.3) is 11.0 Å². The van der Waals surface area contributed by atoms with Crippen LogP contribution in [0.3, 0.4) is 0 Å². The van der Waals surface area contributed by atoms with Crippen molar-refractivity contribution >= 4 is 45.9 Å². The lowest BCUT2D eigenvalue weighted by atomic mass is 10.2. The van der Waals surface area contributed by atoms with Gasteiger partial charge in [0.15, 0.2) is 0 Å². The van der Waals surface area contributed by atoms with Crippen molar-refractivity contribution in [1.82, 2.24) is 8.75 Å². The van der Waals surface area contributed by atoms with E-state index in [0.29, 0.717) is 5.02 Å². The summed E-state index contributed by atoms with van der Waals surface area (Å²) in [6.07, 6.45) is 4.56. The molecule has 18 heavy (non-hydrogen) atoms. The minimum Gasteiger partial charge on any atom is -0.341 e. The smallest absolute Gasteiger partial charge is 0.129 e. The standard InChI is InChI=1S/C12H13ClN4S/c13-8-5-6-9-12(17-18-16-9)11(8)15-10-4-2-1-3-7-14-10/h5-6H,1-4,7H2,(H,14,15). The number of anilines is 1. The Morgan fingerprint density at radius 2 is 2.11 bits per heavy atom. The van der Waals surface area contributed by atoms with Crippen LogP contribution in [0.5, 0.6) is 0 Å². The quantitative estimate of drug-likeness (QED) is 0.866. The van der Waals surface area contributed by atoms with Crippen LogP contribution in [-0.4, -0.2) is 21.1 Å². The Labute approximate surface area is 114 Å². The van der Waals surface area contributed by atoms with E-state index in [4.69, 9.17) is 11.6 Å². The Balaban J connectivity index is 1.95. The Kier molecular flexibility index (Phi) is 3.43. The maximum absolute atomic E-state index is 6.24. The second kappa shape index (κ2) is 5.20. The summed E-state index contributed by atoms with van der Waals surface area (Å²) in [5.41, 5.74) is 2.55. The monoisotopic (exact) mass is 280 g/mol. The number of nitrogens with zero attached hydrogens (tertiary/aromatic N) is 3. The zero-order chi connectivity index (χ0) is 12.4. The number of aromatic nitrogens is 2. The Bertz CT molecular complexity index is 593. The van der Waals surface area contributed by atoms with Gasteiger partial charge in [0, 0.05) is 13.0 Å². The summed E-state index contributed by atoms with van der Waals surface area (Å²) in [7, 11) is 0. The maximum Gasteiger partial charge on any atom is 0.129 e. The van der Waals surface area contributed by atoms with Gasteiger partial charge in [0.05, 0.1) is 22.4 Å². The molecule has 0 radical (unpaired) electrons. The van der Waals surface area contributed by atoms with Gasteiger partial charge in [0.2, 0.25) is 0 Å². The summed E-state index contributed by atoms with van der Waals surface area (Å²) in [6.45, 7) is 0.894. The number of nitrogens with one attached hydrogen (secondary N) is 1. The summed E-state index contributed by atoms with van der Waals surface area (Å²) < 4.78 is 8.52. The van der Waals surface area contributed by atoms with E-state index in [1.54, 1.807) is 0 Å². The van der Waals surface area contributed by atoms with E-state index >= 15 is 0 Å². The van der Waals surface area contributed by atoms with Crippen molar-refractivity contribution in [2.24, 2.45) is 4.99 Å². The molecular formula is C12H13ClN4S. The van der Waals surface area contributed by atoms with Crippen LogP contribution in [0.4, 0.5) is 5.69 Å². The van der Waals surface area contributed by atoms with Crippen LogP contribution in [0.1, 0.15) is 25.7 Å². The van der Waals surface area contributed by atoms with Crippen molar-refractivity contribution < 1.29 is 0 Å². The van der Waals surface area contributed by atoms with E-state index in [9.17, 15) is 0 Å². The molecule has 94 valence electrons. The molecule has 0 fully saturated rings. The number of rotatable bonds is 1. The zero-order valence-corrected chi connectivity index (χ0v) is 11.4. The first kappa shape index (κ1) is 11.9. The fraction of sp³-hybridized carbons (Fsp3) is 0.417. The van der Waals surface area contributed by atoms with Gasteiger partial charge in [-0.25, -0.2) is 0 Å². The van der Waals surface area contributed by atoms with Crippen LogP contribution < -0.4 is 5.32 Å². The van der Waals surface area contributed by atoms with Gasteiger partial charge in [0.1, 0.15) is 16.9 Å². The second-order valence-electron chi connectivity index (χ2n) is 4.32. The van der Waals surface area contributed by atoms with E-state index in [0.717, 1.165) is 35.5 Å². The lowest BCUT2D eigenvalue weighted by Gasteiger charge is -2.10. The van der Waals surface area contributed by atoms with Gasteiger partial charge in [-0.2, -0.15) is 8.75 Å². The molecule has 2 aromatic rings. The van der Waals surface area contributed by atoms with Gasteiger partial charge >= 0.3 is 0 Å². The molecule has 1 N–H and O–H groups in total. The van der Waals surface area contributed by atoms with E-state index in [-0.39, 0.29) is 0 Å². The molecule has 2 heterocycles. The number of fused-ring (bicyclic) bond motifs is 1. The summed E-state index contributed by atoms with van der Waals surface area (Å²) in [6, 6.07) is 3.74.